The standard InChI is InChI=1S/C20H19N2O/c1-15-9-10-17(16(2)13-15)20(23)14-22-12-6-4-8-19(22)18-7-3-5-11-21-18/h3-13H,14H2,1-2H3/q+1. The number of hydrogen-bond donors (Lipinski definition) is 0. The van der Waals surface area contributed by atoms with E-state index in [-0.39, 0.29) is 5.78 Å². The summed E-state index contributed by atoms with van der Waals surface area (Å²) in [5.74, 6) is 0.107. The van der Waals surface area contributed by atoms with E-state index in [0.29, 0.717) is 6.54 Å². The van der Waals surface area contributed by atoms with Crippen molar-refractivity contribution in [2.75, 3.05) is 0 Å². The first-order valence-corrected chi connectivity index (χ1v) is 7.65. The van der Waals surface area contributed by atoms with Gasteiger partial charge in [0.05, 0.1) is 0 Å². The number of pyridine rings is 2. The maximum atomic E-state index is 12.7. The second kappa shape index (κ2) is 6.53. The molecule has 0 saturated carbocycles. The van der Waals surface area contributed by atoms with Crippen LogP contribution in [0.1, 0.15) is 21.5 Å². The molecule has 0 radical (unpaired) electrons. The molecule has 0 amide bonds. The Hall–Kier alpha value is -2.81. The van der Waals surface area contributed by atoms with E-state index in [4.69, 9.17) is 0 Å². The lowest BCUT2D eigenvalue weighted by molar-refractivity contribution is -0.672. The Labute approximate surface area is 136 Å². The molecule has 0 fully saturated rings. The van der Waals surface area contributed by atoms with Gasteiger partial charge in [-0.2, -0.15) is 4.57 Å². The third kappa shape index (κ3) is 3.34. The molecule has 0 bridgehead atoms. The fourth-order valence-electron chi connectivity index (χ4n) is 2.73. The molecule has 0 spiro atoms. The Balaban J connectivity index is 1.93. The van der Waals surface area contributed by atoms with Crippen molar-refractivity contribution < 1.29 is 9.36 Å². The largest absolute Gasteiger partial charge is 0.287 e. The SMILES string of the molecule is Cc1ccc(C(=O)C[n+]2ccccc2-c2ccccn2)c(C)c1. The van der Waals surface area contributed by atoms with E-state index in [1.165, 1.54) is 5.56 Å². The highest BCUT2D eigenvalue weighted by Crippen LogP contribution is 2.13. The van der Waals surface area contributed by atoms with Gasteiger partial charge < -0.3 is 0 Å². The van der Waals surface area contributed by atoms with Gasteiger partial charge in [0.15, 0.2) is 6.20 Å². The van der Waals surface area contributed by atoms with Gasteiger partial charge >= 0.3 is 0 Å². The predicted octanol–water partition coefficient (Wildman–Crippen LogP) is 3.54. The molecule has 0 aliphatic heterocycles. The number of benzene rings is 1. The third-order valence-electron chi connectivity index (χ3n) is 3.86. The summed E-state index contributed by atoms with van der Waals surface area (Å²) in [6.45, 7) is 4.32. The van der Waals surface area contributed by atoms with Crippen molar-refractivity contribution in [3.8, 4) is 11.4 Å². The van der Waals surface area contributed by atoms with Crippen LogP contribution in [0.15, 0.2) is 67.0 Å². The van der Waals surface area contributed by atoms with Gasteiger partial charge in [0.25, 0.3) is 0 Å². The third-order valence-corrected chi connectivity index (χ3v) is 3.86. The summed E-state index contributed by atoms with van der Waals surface area (Å²) in [5.41, 5.74) is 4.76. The smallest absolute Gasteiger partial charge is 0.231 e. The zero-order chi connectivity index (χ0) is 16.2. The highest BCUT2D eigenvalue weighted by molar-refractivity contribution is 5.96. The first-order valence-electron chi connectivity index (χ1n) is 7.65. The van der Waals surface area contributed by atoms with E-state index in [2.05, 4.69) is 4.98 Å². The van der Waals surface area contributed by atoms with Gasteiger partial charge in [-0.25, -0.2) is 4.98 Å². The van der Waals surface area contributed by atoms with Crippen LogP contribution in [-0.4, -0.2) is 10.8 Å². The monoisotopic (exact) mass is 303 g/mol. The second-order valence-corrected chi connectivity index (χ2v) is 5.67. The van der Waals surface area contributed by atoms with Crippen LogP contribution in [0.2, 0.25) is 0 Å². The number of carbonyl (C=O) groups excluding carboxylic acids is 1. The molecular weight excluding hydrogens is 284 g/mol. The minimum absolute atomic E-state index is 0.107. The molecule has 1 aromatic carbocycles. The summed E-state index contributed by atoms with van der Waals surface area (Å²) in [6.07, 6.45) is 3.68. The van der Waals surface area contributed by atoms with Gasteiger partial charge in [-0.3, -0.25) is 4.79 Å². The van der Waals surface area contributed by atoms with E-state index in [9.17, 15) is 4.79 Å². The van der Waals surface area contributed by atoms with Gasteiger partial charge in [-0.05, 0) is 37.6 Å². The molecule has 0 saturated heterocycles. The van der Waals surface area contributed by atoms with Crippen molar-refractivity contribution in [1.29, 1.82) is 0 Å². The summed E-state index contributed by atoms with van der Waals surface area (Å²) in [5, 5.41) is 0. The van der Waals surface area contributed by atoms with Crippen molar-refractivity contribution in [2.24, 2.45) is 0 Å². The highest BCUT2D eigenvalue weighted by atomic mass is 16.1. The van der Waals surface area contributed by atoms with Crippen LogP contribution in [0.3, 0.4) is 0 Å². The topological polar surface area (TPSA) is 33.8 Å². The van der Waals surface area contributed by atoms with Gasteiger partial charge in [0, 0.05) is 23.9 Å². The lowest BCUT2D eigenvalue weighted by atomic mass is 10.0. The summed E-state index contributed by atoms with van der Waals surface area (Å²) < 4.78 is 1.95. The minimum Gasteiger partial charge on any atom is -0.287 e. The van der Waals surface area contributed by atoms with E-state index in [1.54, 1.807) is 6.20 Å². The average Bonchev–Trinajstić information content (AvgIpc) is 2.56. The minimum atomic E-state index is 0.107. The van der Waals surface area contributed by atoms with E-state index in [0.717, 1.165) is 22.5 Å². The number of aromatic nitrogens is 2. The molecule has 0 N–H and O–H groups in total. The van der Waals surface area contributed by atoms with Crippen molar-refractivity contribution in [3.05, 3.63) is 83.7 Å². The molecule has 0 atom stereocenters. The second-order valence-electron chi connectivity index (χ2n) is 5.67. The number of carbonyl (C=O) groups is 1. The number of Topliss-reactive ketones (excluding diaryl/α,β-unsaturated/α-hetero) is 1. The molecule has 3 nitrogen and oxygen atoms in total. The molecule has 0 aliphatic carbocycles. The molecule has 23 heavy (non-hydrogen) atoms. The van der Waals surface area contributed by atoms with Crippen LogP contribution in [0, 0.1) is 13.8 Å². The van der Waals surface area contributed by atoms with Gasteiger partial charge in [0.1, 0.15) is 5.69 Å². The summed E-state index contributed by atoms with van der Waals surface area (Å²) in [4.78, 5) is 17.1. The first kappa shape index (κ1) is 15.1. The van der Waals surface area contributed by atoms with Crippen LogP contribution in [0.5, 0.6) is 0 Å². The lowest BCUT2D eigenvalue weighted by Crippen LogP contribution is -2.40. The van der Waals surface area contributed by atoms with Gasteiger partial charge in [0.2, 0.25) is 18.0 Å². The lowest BCUT2D eigenvalue weighted by Gasteiger charge is -2.06. The predicted molar refractivity (Wildman–Crippen MR) is 90.1 cm³/mol. The summed E-state index contributed by atoms with van der Waals surface area (Å²) >= 11 is 0. The molecule has 114 valence electrons. The Morgan fingerprint density at radius 1 is 1.04 bits per heavy atom. The Morgan fingerprint density at radius 3 is 2.61 bits per heavy atom. The quantitative estimate of drug-likeness (QED) is 0.546. The van der Waals surface area contributed by atoms with Crippen LogP contribution >= 0.6 is 0 Å². The molecule has 3 heteroatoms. The number of ketones is 1. The highest BCUT2D eigenvalue weighted by Gasteiger charge is 2.19. The zero-order valence-corrected chi connectivity index (χ0v) is 13.4. The van der Waals surface area contributed by atoms with Crippen LogP contribution in [0.4, 0.5) is 0 Å². The summed E-state index contributed by atoms with van der Waals surface area (Å²) in [7, 11) is 0. The Morgan fingerprint density at radius 2 is 1.87 bits per heavy atom. The van der Waals surface area contributed by atoms with Gasteiger partial charge in [-0.15, -0.1) is 0 Å². The van der Waals surface area contributed by atoms with Crippen LogP contribution < -0.4 is 4.57 Å². The van der Waals surface area contributed by atoms with Crippen LogP contribution in [0.25, 0.3) is 11.4 Å². The van der Waals surface area contributed by atoms with Crippen molar-refractivity contribution in [2.45, 2.75) is 20.4 Å². The van der Waals surface area contributed by atoms with Crippen molar-refractivity contribution >= 4 is 5.78 Å². The summed E-state index contributed by atoms with van der Waals surface area (Å²) in [6, 6.07) is 17.6. The van der Waals surface area contributed by atoms with E-state index < -0.39 is 0 Å². The maximum Gasteiger partial charge on any atom is 0.231 e. The van der Waals surface area contributed by atoms with Gasteiger partial charge in [-0.1, -0.05) is 29.8 Å². The van der Waals surface area contributed by atoms with Crippen LogP contribution in [-0.2, 0) is 6.54 Å². The molecule has 2 heterocycles. The fraction of sp³-hybridized carbons (Fsp3) is 0.150. The zero-order valence-electron chi connectivity index (χ0n) is 13.4. The number of nitrogens with zero attached hydrogens (tertiary/aromatic N) is 2. The van der Waals surface area contributed by atoms with Crippen molar-refractivity contribution in [1.82, 2.24) is 4.98 Å². The number of aryl methyl sites for hydroxylation is 2. The normalized spacial score (nSPS) is 10.5. The average molecular weight is 303 g/mol. The Kier molecular flexibility index (Phi) is 4.29. The van der Waals surface area contributed by atoms with Crippen molar-refractivity contribution in [3.63, 3.8) is 0 Å². The number of hydrogen-bond acceptors (Lipinski definition) is 2. The molecule has 0 unspecified atom stereocenters. The molecule has 3 rings (SSSR count). The molecule has 0 aliphatic rings. The number of rotatable bonds is 4. The molecular formula is C20H19N2O+. The first-order chi connectivity index (χ1) is 11.1. The van der Waals surface area contributed by atoms with E-state index >= 15 is 0 Å². The van der Waals surface area contributed by atoms with E-state index in [1.807, 2.05) is 79.2 Å². The fourth-order valence-corrected chi connectivity index (χ4v) is 2.73. The Bertz CT molecular complexity index is 841. The maximum absolute atomic E-state index is 12.7. The molecule has 2 aromatic heterocycles. The molecule has 3 aromatic rings.